The third kappa shape index (κ3) is 10.8. The zero-order valence-corrected chi connectivity index (χ0v) is 12.6. The van der Waals surface area contributed by atoms with E-state index in [0.29, 0.717) is 6.10 Å². The lowest BCUT2D eigenvalue weighted by Crippen LogP contribution is -2.42. The van der Waals surface area contributed by atoms with E-state index in [-0.39, 0.29) is 5.54 Å². The first-order valence-corrected chi connectivity index (χ1v) is 7.38. The van der Waals surface area contributed by atoms with Crippen molar-refractivity contribution >= 4 is 0 Å². The number of hydrogen-bond acceptors (Lipinski definition) is 2. The molecule has 0 aliphatic heterocycles. The third-order valence-corrected chi connectivity index (χ3v) is 3.40. The van der Waals surface area contributed by atoms with Gasteiger partial charge >= 0.3 is 0 Å². The minimum atomic E-state index is 0.235. The molecule has 0 aliphatic carbocycles. The number of nitrogens with one attached hydrogen (secondary N) is 1. The van der Waals surface area contributed by atoms with Gasteiger partial charge in [-0.25, -0.2) is 0 Å². The summed E-state index contributed by atoms with van der Waals surface area (Å²) in [6, 6.07) is 0. The maximum Gasteiger partial charge on any atom is 0.0671 e. The summed E-state index contributed by atoms with van der Waals surface area (Å²) in [4.78, 5) is 0. The summed E-state index contributed by atoms with van der Waals surface area (Å²) in [5, 5.41) is 3.54. The minimum absolute atomic E-state index is 0.235. The fraction of sp³-hybridized carbons (Fsp3) is 1.00. The van der Waals surface area contributed by atoms with Gasteiger partial charge in [-0.05, 0) is 33.6 Å². The van der Waals surface area contributed by atoms with Crippen molar-refractivity contribution in [2.24, 2.45) is 0 Å². The topological polar surface area (TPSA) is 21.3 Å². The number of hydrogen-bond donors (Lipinski definition) is 1. The molecule has 0 aliphatic rings. The molecular formula is C15H33NO. The molecule has 0 rings (SSSR count). The van der Waals surface area contributed by atoms with E-state index in [1.807, 2.05) is 0 Å². The molecule has 0 spiro atoms. The Bertz CT molecular complexity index is 168. The van der Waals surface area contributed by atoms with Crippen LogP contribution in [0.25, 0.3) is 0 Å². The van der Waals surface area contributed by atoms with E-state index in [4.69, 9.17) is 4.74 Å². The first kappa shape index (κ1) is 16.9. The van der Waals surface area contributed by atoms with Gasteiger partial charge in [0, 0.05) is 18.7 Å². The van der Waals surface area contributed by atoms with Gasteiger partial charge in [0.25, 0.3) is 0 Å². The molecule has 0 aromatic rings. The van der Waals surface area contributed by atoms with Gasteiger partial charge in [0.15, 0.2) is 0 Å². The summed E-state index contributed by atoms with van der Waals surface area (Å²) in [5.74, 6) is 0. The quantitative estimate of drug-likeness (QED) is 0.551. The first-order valence-electron chi connectivity index (χ1n) is 7.38. The Hall–Kier alpha value is -0.0800. The molecule has 1 N–H and O–H groups in total. The van der Waals surface area contributed by atoms with Crippen LogP contribution in [0.1, 0.15) is 73.1 Å². The Labute approximate surface area is 109 Å². The second-order valence-corrected chi connectivity index (χ2v) is 5.71. The standard InChI is InChI=1S/C15H33NO/c1-6-8-9-10-11-12-17-14(3)13-16-15(4,5)7-2/h14,16H,6-13H2,1-5H3. The predicted molar refractivity (Wildman–Crippen MR) is 76.5 cm³/mol. The van der Waals surface area contributed by atoms with Crippen molar-refractivity contribution < 1.29 is 4.74 Å². The van der Waals surface area contributed by atoms with Crippen molar-refractivity contribution in [3.63, 3.8) is 0 Å². The maximum absolute atomic E-state index is 5.80. The van der Waals surface area contributed by atoms with Gasteiger partial charge in [0.2, 0.25) is 0 Å². The molecular weight excluding hydrogens is 210 g/mol. The van der Waals surface area contributed by atoms with E-state index in [9.17, 15) is 0 Å². The molecule has 1 atom stereocenters. The summed E-state index contributed by atoms with van der Waals surface area (Å²) in [6.07, 6.45) is 8.03. The van der Waals surface area contributed by atoms with Gasteiger partial charge in [0.05, 0.1) is 6.10 Å². The highest BCUT2D eigenvalue weighted by Crippen LogP contribution is 2.07. The first-order chi connectivity index (χ1) is 8.02. The molecule has 104 valence electrons. The molecule has 2 nitrogen and oxygen atoms in total. The van der Waals surface area contributed by atoms with Gasteiger partial charge in [-0.1, -0.05) is 39.5 Å². The van der Waals surface area contributed by atoms with E-state index >= 15 is 0 Å². The zero-order chi connectivity index (χ0) is 13.1. The molecule has 1 unspecified atom stereocenters. The minimum Gasteiger partial charge on any atom is -0.377 e. The molecule has 0 aromatic heterocycles. The van der Waals surface area contributed by atoms with Crippen LogP contribution in [0.2, 0.25) is 0 Å². The Morgan fingerprint density at radius 3 is 2.29 bits per heavy atom. The summed E-state index contributed by atoms with van der Waals surface area (Å²) < 4.78 is 5.80. The molecule has 0 aromatic carbocycles. The highest BCUT2D eigenvalue weighted by atomic mass is 16.5. The van der Waals surface area contributed by atoms with Crippen LogP contribution >= 0.6 is 0 Å². The van der Waals surface area contributed by atoms with Gasteiger partial charge < -0.3 is 10.1 Å². The number of rotatable bonds is 11. The van der Waals surface area contributed by atoms with E-state index in [1.54, 1.807) is 0 Å². The van der Waals surface area contributed by atoms with Crippen molar-refractivity contribution in [3.8, 4) is 0 Å². The van der Waals surface area contributed by atoms with Gasteiger partial charge in [-0.15, -0.1) is 0 Å². The van der Waals surface area contributed by atoms with Crippen molar-refractivity contribution in [2.75, 3.05) is 13.2 Å². The highest BCUT2D eigenvalue weighted by Gasteiger charge is 2.14. The predicted octanol–water partition coefficient (Wildman–Crippen LogP) is 4.14. The summed E-state index contributed by atoms with van der Waals surface area (Å²) in [5.41, 5.74) is 0.235. The fourth-order valence-electron chi connectivity index (χ4n) is 1.59. The zero-order valence-electron chi connectivity index (χ0n) is 12.6. The number of ether oxygens (including phenoxy) is 1. The number of unbranched alkanes of at least 4 members (excludes halogenated alkanes) is 4. The molecule has 0 saturated heterocycles. The van der Waals surface area contributed by atoms with Gasteiger partial charge in [-0.3, -0.25) is 0 Å². The van der Waals surface area contributed by atoms with E-state index in [0.717, 1.165) is 19.6 Å². The molecule has 0 amide bonds. The third-order valence-electron chi connectivity index (χ3n) is 3.40. The Morgan fingerprint density at radius 2 is 1.71 bits per heavy atom. The van der Waals surface area contributed by atoms with E-state index in [2.05, 4.69) is 39.9 Å². The normalized spacial score (nSPS) is 13.9. The monoisotopic (exact) mass is 243 g/mol. The Balaban J connectivity index is 3.37. The Morgan fingerprint density at radius 1 is 1.06 bits per heavy atom. The summed E-state index contributed by atoms with van der Waals surface area (Å²) in [6.45, 7) is 13.0. The maximum atomic E-state index is 5.80. The molecule has 0 saturated carbocycles. The van der Waals surface area contributed by atoms with Crippen LogP contribution in [0.15, 0.2) is 0 Å². The molecule has 0 heterocycles. The Kier molecular flexibility index (Phi) is 9.85. The molecule has 0 fully saturated rings. The highest BCUT2D eigenvalue weighted by molar-refractivity contribution is 4.76. The van der Waals surface area contributed by atoms with Crippen molar-refractivity contribution in [1.82, 2.24) is 5.32 Å². The molecule has 0 bridgehead atoms. The lowest BCUT2D eigenvalue weighted by Gasteiger charge is -2.26. The largest absolute Gasteiger partial charge is 0.377 e. The van der Waals surface area contributed by atoms with E-state index < -0.39 is 0 Å². The van der Waals surface area contributed by atoms with Gasteiger partial charge in [0.1, 0.15) is 0 Å². The van der Waals surface area contributed by atoms with Crippen LogP contribution in [0.3, 0.4) is 0 Å². The summed E-state index contributed by atoms with van der Waals surface area (Å²) in [7, 11) is 0. The SMILES string of the molecule is CCCCCCCOC(C)CNC(C)(C)CC. The van der Waals surface area contributed by atoms with Gasteiger partial charge in [-0.2, -0.15) is 0 Å². The molecule has 0 radical (unpaired) electrons. The van der Waals surface area contributed by atoms with Crippen LogP contribution in [0.5, 0.6) is 0 Å². The van der Waals surface area contributed by atoms with Crippen LogP contribution in [-0.2, 0) is 4.74 Å². The van der Waals surface area contributed by atoms with E-state index in [1.165, 1.54) is 32.1 Å². The van der Waals surface area contributed by atoms with Crippen LogP contribution < -0.4 is 5.32 Å². The van der Waals surface area contributed by atoms with Crippen LogP contribution in [0.4, 0.5) is 0 Å². The molecule has 17 heavy (non-hydrogen) atoms. The summed E-state index contributed by atoms with van der Waals surface area (Å²) >= 11 is 0. The van der Waals surface area contributed by atoms with Crippen molar-refractivity contribution in [2.45, 2.75) is 84.8 Å². The second-order valence-electron chi connectivity index (χ2n) is 5.71. The van der Waals surface area contributed by atoms with Crippen molar-refractivity contribution in [1.29, 1.82) is 0 Å². The van der Waals surface area contributed by atoms with Crippen LogP contribution in [0, 0.1) is 0 Å². The lowest BCUT2D eigenvalue weighted by atomic mass is 10.0. The van der Waals surface area contributed by atoms with Crippen molar-refractivity contribution in [3.05, 3.63) is 0 Å². The average molecular weight is 243 g/mol. The fourth-order valence-corrected chi connectivity index (χ4v) is 1.59. The smallest absolute Gasteiger partial charge is 0.0671 e. The lowest BCUT2D eigenvalue weighted by molar-refractivity contribution is 0.0578. The second kappa shape index (κ2) is 9.90. The molecule has 2 heteroatoms. The van der Waals surface area contributed by atoms with Crippen LogP contribution in [-0.4, -0.2) is 24.8 Å². The average Bonchev–Trinajstić information content (AvgIpc) is 2.31.